The van der Waals surface area contributed by atoms with Crippen LogP contribution in [0, 0.1) is 0 Å². The summed E-state index contributed by atoms with van der Waals surface area (Å²) < 4.78 is 4.99. The van der Waals surface area contributed by atoms with E-state index in [1.165, 1.54) is 0 Å². The van der Waals surface area contributed by atoms with Crippen molar-refractivity contribution < 1.29 is 9.53 Å². The number of aliphatic imine (C=N–C) groups is 1. The van der Waals surface area contributed by atoms with Crippen LogP contribution in [0.1, 0.15) is 19.8 Å². The highest BCUT2D eigenvalue weighted by atomic mass is 16.6. The maximum atomic E-state index is 11.6. The van der Waals surface area contributed by atoms with Crippen LogP contribution < -0.4 is 10.6 Å². The smallest absolute Gasteiger partial charge is 0.409 e. The summed E-state index contributed by atoms with van der Waals surface area (Å²) in [6.07, 6.45) is 3.37. The second kappa shape index (κ2) is 8.39. The Hall–Kier alpha value is -1.72. The third kappa shape index (κ3) is 5.19. The van der Waals surface area contributed by atoms with Gasteiger partial charge in [-0.15, -0.1) is 6.58 Å². The van der Waals surface area contributed by atoms with Crippen molar-refractivity contribution >= 4 is 12.1 Å². The molecule has 0 aromatic rings. The van der Waals surface area contributed by atoms with Gasteiger partial charge in [0.2, 0.25) is 0 Å². The Morgan fingerprint density at radius 3 is 2.74 bits per heavy atom. The lowest BCUT2D eigenvalue weighted by atomic mass is 10.1. The molecule has 0 spiro atoms. The van der Waals surface area contributed by atoms with Crippen molar-refractivity contribution in [2.45, 2.75) is 25.8 Å². The number of guanidine groups is 1. The maximum absolute atomic E-state index is 11.6. The van der Waals surface area contributed by atoms with E-state index in [0.29, 0.717) is 19.2 Å². The first-order valence-electron chi connectivity index (χ1n) is 6.71. The molecule has 0 bridgehead atoms. The van der Waals surface area contributed by atoms with E-state index in [1.54, 1.807) is 18.0 Å². The van der Waals surface area contributed by atoms with Gasteiger partial charge < -0.3 is 20.3 Å². The Kier molecular flexibility index (Phi) is 6.78. The fourth-order valence-corrected chi connectivity index (χ4v) is 1.98. The largest absolute Gasteiger partial charge is 0.450 e. The fraction of sp³-hybridized carbons (Fsp3) is 0.692. The van der Waals surface area contributed by atoms with Crippen molar-refractivity contribution in [2.75, 3.05) is 33.3 Å². The molecule has 0 aromatic heterocycles. The third-order valence-corrected chi connectivity index (χ3v) is 3.00. The van der Waals surface area contributed by atoms with Gasteiger partial charge in [-0.3, -0.25) is 4.99 Å². The molecule has 2 N–H and O–H groups in total. The summed E-state index contributed by atoms with van der Waals surface area (Å²) >= 11 is 0. The molecule has 19 heavy (non-hydrogen) atoms. The molecule has 1 saturated heterocycles. The van der Waals surface area contributed by atoms with Crippen molar-refractivity contribution in [1.82, 2.24) is 15.5 Å². The summed E-state index contributed by atoms with van der Waals surface area (Å²) in [5.41, 5.74) is 0. The van der Waals surface area contributed by atoms with E-state index in [2.05, 4.69) is 22.2 Å². The minimum atomic E-state index is -0.213. The van der Waals surface area contributed by atoms with Gasteiger partial charge >= 0.3 is 6.09 Å². The average Bonchev–Trinajstić information content (AvgIpc) is 2.44. The molecular weight excluding hydrogens is 244 g/mol. The van der Waals surface area contributed by atoms with Crippen LogP contribution in [0.15, 0.2) is 17.6 Å². The molecule has 0 atom stereocenters. The summed E-state index contributed by atoms with van der Waals surface area (Å²) in [6.45, 7) is 8.02. The number of rotatable bonds is 4. The second-order valence-corrected chi connectivity index (χ2v) is 4.35. The van der Waals surface area contributed by atoms with E-state index in [4.69, 9.17) is 4.74 Å². The van der Waals surface area contributed by atoms with Gasteiger partial charge in [0.1, 0.15) is 0 Å². The molecular formula is C13H24N4O2. The SMILES string of the molecule is C=CCNC(=NC)NC1CCN(C(=O)OCC)CC1. The molecule has 1 rings (SSSR count). The lowest BCUT2D eigenvalue weighted by molar-refractivity contribution is 0.0963. The maximum Gasteiger partial charge on any atom is 0.409 e. The van der Waals surface area contributed by atoms with Gasteiger partial charge in [0.15, 0.2) is 5.96 Å². The standard InChI is InChI=1S/C13H24N4O2/c1-4-8-15-12(14-3)16-11-6-9-17(10-7-11)13(18)19-5-2/h4,11H,1,5-10H2,2-3H3,(H2,14,15,16). The van der Waals surface area contributed by atoms with Crippen LogP contribution in [-0.4, -0.2) is 56.3 Å². The zero-order chi connectivity index (χ0) is 14.1. The van der Waals surface area contributed by atoms with Crippen molar-refractivity contribution in [1.29, 1.82) is 0 Å². The number of hydrogen-bond acceptors (Lipinski definition) is 3. The molecule has 1 aliphatic heterocycles. The number of hydrogen-bond donors (Lipinski definition) is 2. The second-order valence-electron chi connectivity index (χ2n) is 4.35. The van der Waals surface area contributed by atoms with Crippen LogP contribution in [-0.2, 0) is 4.74 Å². The zero-order valence-electron chi connectivity index (χ0n) is 11.8. The van der Waals surface area contributed by atoms with Crippen molar-refractivity contribution in [3.63, 3.8) is 0 Å². The molecule has 0 unspecified atom stereocenters. The number of carbonyl (C=O) groups excluding carboxylic acids is 1. The minimum Gasteiger partial charge on any atom is -0.450 e. The molecule has 1 heterocycles. The van der Waals surface area contributed by atoms with Crippen LogP contribution >= 0.6 is 0 Å². The molecule has 1 aliphatic rings. The summed E-state index contributed by atoms with van der Waals surface area (Å²) in [7, 11) is 1.74. The summed E-state index contributed by atoms with van der Waals surface area (Å²) in [5, 5.41) is 6.48. The van der Waals surface area contributed by atoms with Gasteiger partial charge in [0, 0.05) is 32.7 Å². The first kappa shape index (κ1) is 15.3. The molecule has 6 heteroatoms. The fourth-order valence-electron chi connectivity index (χ4n) is 1.98. The molecule has 0 saturated carbocycles. The third-order valence-electron chi connectivity index (χ3n) is 3.00. The molecule has 0 radical (unpaired) electrons. The van der Waals surface area contributed by atoms with Crippen molar-refractivity contribution in [2.24, 2.45) is 4.99 Å². The summed E-state index contributed by atoms with van der Waals surface area (Å²) in [5.74, 6) is 0.773. The van der Waals surface area contributed by atoms with E-state index < -0.39 is 0 Å². The molecule has 6 nitrogen and oxygen atoms in total. The number of piperidine rings is 1. The molecule has 0 aromatic carbocycles. The molecule has 1 amide bonds. The van der Waals surface area contributed by atoms with Crippen molar-refractivity contribution in [3.05, 3.63) is 12.7 Å². The van der Waals surface area contributed by atoms with Gasteiger partial charge in [-0.2, -0.15) is 0 Å². The number of ether oxygens (including phenoxy) is 1. The van der Waals surface area contributed by atoms with Gasteiger partial charge in [0.25, 0.3) is 0 Å². The summed E-state index contributed by atoms with van der Waals surface area (Å²) in [6, 6.07) is 0.335. The highest BCUT2D eigenvalue weighted by molar-refractivity contribution is 5.80. The van der Waals surface area contributed by atoms with Gasteiger partial charge in [0.05, 0.1) is 6.61 Å². The molecule has 1 fully saturated rings. The number of amides is 1. The summed E-state index contributed by atoms with van der Waals surface area (Å²) in [4.78, 5) is 17.5. The molecule has 108 valence electrons. The van der Waals surface area contributed by atoms with E-state index in [9.17, 15) is 4.79 Å². The number of carbonyl (C=O) groups is 1. The molecule has 0 aliphatic carbocycles. The predicted molar refractivity (Wildman–Crippen MR) is 76.3 cm³/mol. The lowest BCUT2D eigenvalue weighted by Crippen LogP contribution is -2.49. The number of nitrogens with one attached hydrogen (secondary N) is 2. The quantitative estimate of drug-likeness (QED) is 0.453. The first-order chi connectivity index (χ1) is 9.21. The van der Waals surface area contributed by atoms with E-state index >= 15 is 0 Å². The van der Waals surface area contributed by atoms with Crippen molar-refractivity contribution in [3.8, 4) is 0 Å². The zero-order valence-corrected chi connectivity index (χ0v) is 11.8. The van der Waals surface area contributed by atoms with E-state index in [0.717, 1.165) is 31.9 Å². The Bertz CT molecular complexity index is 323. The van der Waals surface area contributed by atoms with Crippen LogP contribution in [0.25, 0.3) is 0 Å². The predicted octanol–water partition coefficient (Wildman–Crippen LogP) is 0.958. The van der Waals surface area contributed by atoms with Crippen LogP contribution in [0.3, 0.4) is 0 Å². The Morgan fingerprint density at radius 1 is 1.53 bits per heavy atom. The number of nitrogens with zero attached hydrogens (tertiary/aromatic N) is 2. The first-order valence-corrected chi connectivity index (χ1v) is 6.71. The number of likely N-dealkylation sites (tertiary alicyclic amines) is 1. The Labute approximate surface area is 114 Å². The normalized spacial score (nSPS) is 16.9. The highest BCUT2D eigenvalue weighted by Crippen LogP contribution is 2.11. The van der Waals surface area contributed by atoms with Gasteiger partial charge in [-0.05, 0) is 19.8 Å². The topological polar surface area (TPSA) is 66.0 Å². The van der Waals surface area contributed by atoms with Crippen LogP contribution in [0.2, 0.25) is 0 Å². The van der Waals surface area contributed by atoms with E-state index in [1.807, 2.05) is 6.92 Å². The van der Waals surface area contributed by atoms with Crippen LogP contribution in [0.5, 0.6) is 0 Å². The van der Waals surface area contributed by atoms with Gasteiger partial charge in [-0.1, -0.05) is 6.08 Å². The monoisotopic (exact) mass is 268 g/mol. The Morgan fingerprint density at radius 2 is 2.21 bits per heavy atom. The van der Waals surface area contributed by atoms with Crippen LogP contribution in [0.4, 0.5) is 4.79 Å². The Balaban J connectivity index is 2.33. The highest BCUT2D eigenvalue weighted by Gasteiger charge is 2.23. The average molecular weight is 268 g/mol. The minimum absolute atomic E-state index is 0.213. The van der Waals surface area contributed by atoms with E-state index in [-0.39, 0.29) is 6.09 Å². The lowest BCUT2D eigenvalue weighted by Gasteiger charge is -2.32. The van der Waals surface area contributed by atoms with Gasteiger partial charge in [-0.25, -0.2) is 4.79 Å².